The minimum atomic E-state index is -0.653. The topological polar surface area (TPSA) is 46.6 Å². The number of carbonyl (C=O) groups is 2. The lowest BCUT2D eigenvalue weighted by Gasteiger charge is -2.25. The van der Waals surface area contributed by atoms with Crippen LogP contribution in [0.25, 0.3) is 0 Å². The summed E-state index contributed by atoms with van der Waals surface area (Å²) in [6, 6.07) is -0.359. The molecule has 0 radical (unpaired) electrons. The third kappa shape index (κ3) is 4.07. The molecule has 0 spiro atoms. The van der Waals surface area contributed by atoms with Crippen molar-refractivity contribution in [3.63, 3.8) is 0 Å². The minimum Gasteiger partial charge on any atom is -0.443 e. The lowest BCUT2D eigenvalue weighted by Crippen LogP contribution is -2.40. The van der Waals surface area contributed by atoms with E-state index in [0.29, 0.717) is 6.41 Å². The van der Waals surface area contributed by atoms with Gasteiger partial charge >= 0.3 is 6.09 Å². The molecule has 80 valence electrons. The predicted molar refractivity (Wildman–Crippen MR) is 53.8 cm³/mol. The maximum Gasteiger partial charge on any atom is 0.417 e. The zero-order valence-corrected chi connectivity index (χ0v) is 9.11. The molecule has 0 fully saturated rings. The summed E-state index contributed by atoms with van der Waals surface area (Å²) in [5.41, 5.74) is -0.598. The van der Waals surface area contributed by atoms with Gasteiger partial charge in [-0.05, 0) is 27.7 Å². The van der Waals surface area contributed by atoms with Gasteiger partial charge in [0.15, 0.2) is 0 Å². The Morgan fingerprint density at radius 2 is 2.00 bits per heavy atom. The van der Waals surface area contributed by atoms with E-state index >= 15 is 0 Å². The van der Waals surface area contributed by atoms with E-state index < -0.39 is 11.7 Å². The molecule has 4 heteroatoms. The predicted octanol–water partition coefficient (Wildman–Crippen LogP) is 1.95. The summed E-state index contributed by atoms with van der Waals surface area (Å²) < 4.78 is 5.02. The van der Waals surface area contributed by atoms with Gasteiger partial charge in [-0.15, -0.1) is 6.58 Å². The Bertz CT molecular complexity index is 230. The Morgan fingerprint density at radius 1 is 1.50 bits per heavy atom. The highest BCUT2D eigenvalue weighted by Gasteiger charge is 2.24. The van der Waals surface area contributed by atoms with Crippen LogP contribution >= 0.6 is 0 Å². The number of imide groups is 1. The molecule has 0 rings (SSSR count). The van der Waals surface area contributed by atoms with Crippen LogP contribution in [0, 0.1) is 0 Å². The van der Waals surface area contributed by atoms with Crippen molar-refractivity contribution in [1.82, 2.24) is 4.90 Å². The van der Waals surface area contributed by atoms with Gasteiger partial charge < -0.3 is 4.74 Å². The number of amides is 2. The van der Waals surface area contributed by atoms with Crippen molar-refractivity contribution in [2.45, 2.75) is 39.3 Å². The van der Waals surface area contributed by atoms with Gasteiger partial charge in [-0.25, -0.2) is 9.69 Å². The average molecular weight is 199 g/mol. The Labute approximate surface area is 84.5 Å². The van der Waals surface area contributed by atoms with Crippen molar-refractivity contribution in [1.29, 1.82) is 0 Å². The Morgan fingerprint density at radius 3 is 2.29 bits per heavy atom. The molecule has 2 amide bonds. The van der Waals surface area contributed by atoms with Crippen LogP contribution in [-0.2, 0) is 9.53 Å². The smallest absolute Gasteiger partial charge is 0.417 e. The van der Waals surface area contributed by atoms with Crippen LogP contribution in [0.2, 0.25) is 0 Å². The third-order valence-corrected chi connectivity index (χ3v) is 1.50. The summed E-state index contributed by atoms with van der Waals surface area (Å²) in [5.74, 6) is 0. The standard InChI is InChI=1S/C10H17NO3/c1-6-8(2)11(7-12)9(13)14-10(3,4)5/h6-8H,1H2,2-5H3. The van der Waals surface area contributed by atoms with E-state index in [1.165, 1.54) is 6.08 Å². The van der Waals surface area contributed by atoms with Gasteiger partial charge in [-0.1, -0.05) is 6.08 Å². The van der Waals surface area contributed by atoms with Gasteiger partial charge in [0.05, 0.1) is 6.04 Å². The number of hydrogen-bond acceptors (Lipinski definition) is 3. The lowest BCUT2D eigenvalue weighted by atomic mass is 10.2. The fourth-order valence-corrected chi connectivity index (χ4v) is 0.733. The van der Waals surface area contributed by atoms with Crippen LogP contribution in [0.4, 0.5) is 4.79 Å². The van der Waals surface area contributed by atoms with Gasteiger partial charge in [0.2, 0.25) is 6.41 Å². The van der Waals surface area contributed by atoms with E-state index in [1.807, 2.05) is 0 Å². The molecule has 0 aromatic rings. The first kappa shape index (κ1) is 12.7. The molecule has 0 aliphatic rings. The number of hydrogen-bond donors (Lipinski definition) is 0. The van der Waals surface area contributed by atoms with E-state index in [-0.39, 0.29) is 6.04 Å². The second-order valence-electron chi connectivity index (χ2n) is 3.97. The van der Waals surface area contributed by atoms with Crippen molar-refractivity contribution < 1.29 is 14.3 Å². The third-order valence-electron chi connectivity index (χ3n) is 1.50. The Balaban J connectivity index is 4.48. The van der Waals surface area contributed by atoms with Crippen LogP contribution in [-0.4, -0.2) is 29.0 Å². The molecule has 1 unspecified atom stereocenters. The summed E-state index contributed by atoms with van der Waals surface area (Å²) in [5, 5.41) is 0. The molecule has 0 aromatic carbocycles. The molecule has 1 atom stereocenters. The summed E-state index contributed by atoms with van der Waals surface area (Å²) in [6.07, 6.45) is 1.29. The highest BCUT2D eigenvalue weighted by atomic mass is 16.6. The van der Waals surface area contributed by atoms with Crippen molar-refractivity contribution in [2.75, 3.05) is 0 Å². The zero-order valence-electron chi connectivity index (χ0n) is 9.11. The number of rotatable bonds is 3. The van der Waals surface area contributed by atoms with E-state index in [0.717, 1.165) is 4.90 Å². The molecule has 0 aliphatic carbocycles. The summed E-state index contributed by atoms with van der Waals surface area (Å²) >= 11 is 0. The highest BCUT2D eigenvalue weighted by Crippen LogP contribution is 2.10. The van der Waals surface area contributed by atoms with E-state index in [4.69, 9.17) is 4.74 Å². The molecule has 0 saturated heterocycles. The zero-order chi connectivity index (χ0) is 11.4. The molecule has 0 aliphatic heterocycles. The molecular formula is C10H17NO3. The van der Waals surface area contributed by atoms with Crippen molar-refractivity contribution in [2.24, 2.45) is 0 Å². The number of carbonyl (C=O) groups excluding carboxylic acids is 2. The van der Waals surface area contributed by atoms with Crippen molar-refractivity contribution in [3.05, 3.63) is 12.7 Å². The molecule has 14 heavy (non-hydrogen) atoms. The maximum absolute atomic E-state index is 11.4. The molecular weight excluding hydrogens is 182 g/mol. The average Bonchev–Trinajstić information content (AvgIpc) is 2.01. The van der Waals surface area contributed by atoms with Gasteiger partial charge in [-0.2, -0.15) is 0 Å². The van der Waals surface area contributed by atoms with Crippen LogP contribution in [0.1, 0.15) is 27.7 Å². The number of ether oxygens (including phenoxy) is 1. The molecule has 0 heterocycles. The van der Waals surface area contributed by atoms with Crippen molar-refractivity contribution in [3.8, 4) is 0 Å². The summed E-state index contributed by atoms with van der Waals surface area (Å²) in [7, 11) is 0. The lowest BCUT2D eigenvalue weighted by molar-refractivity contribution is -0.118. The van der Waals surface area contributed by atoms with Crippen LogP contribution in [0.5, 0.6) is 0 Å². The summed E-state index contributed by atoms with van der Waals surface area (Å²) in [6.45, 7) is 10.4. The molecule has 0 N–H and O–H groups in total. The largest absolute Gasteiger partial charge is 0.443 e. The van der Waals surface area contributed by atoms with E-state index in [9.17, 15) is 9.59 Å². The quantitative estimate of drug-likeness (QED) is 0.515. The maximum atomic E-state index is 11.4. The van der Waals surface area contributed by atoms with Crippen molar-refractivity contribution >= 4 is 12.5 Å². The molecule has 0 saturated carbocycles. The van der Waals surface area contributed by atoms with Gasteiger partial charge in [0.1, 0.15) is 5.60 Å². The second kappa shape index (κ2) is 4.79. The monoisotopic (exact) mass is 199 g/mol. The summed E-state index contributed by atoms with van der Waals surface area (Å²) in [4.78, 5) is 23.0. The Kier molecular flexibility index (Phi) is 4.34. The first-order chi connectivity index (χ1) is 6.31. The van der Waals surface area contributed by atoms with Gasteiger partial charge in [0, 0.05) is 0 Å². The SMILES string of the molecule is C=CC(C)N(C=O)C(=O)OC(C)(C)C. The van der Waals surface area contributed by atoms with Crippen LogP contribution in [0.3, 0.4) is 0 Å². The number of nitrogens with zero attached hydrogens (tertiary/aromatic N) is 1. The fourth-order valence-electron chi connectivity index (χ4n) is 0.733. The van der Waals surface area contributed by atoms with Crippen LogP contribution < -0.4 is 0 Å². The minimum absolute atomic E-state index is 0.359. The first-order valence-electron chi connectivity index (χ1n) is 4.41. The fraction of sp³-hybridized carbons (Fsp3) is 0.600. The van der Waals surface area contributed by atoms with E-state index in [1.54, 1.807) is 27.7 Å². The Hall–Kier alpha value is -1.32. The van der Waals surface area contributed by atoms with Crippen LogP contribution in [0.15, 0.2) is 12.7 Å². The molecule has 0 bridgehead atoms. The van der Waals surface area contributed by atoms with Gasteiger partial charge in [-0.3, -0.25) is 4.79 Å². The first-order valence-corrected chi connectivity index (χ1v) is 4.41. The molecule has 4 nitrogen and oxygen atoms in total. The molecule has 0 aromatic heterocycles. The van der Waals surface area contributed by atoms with E-state index in [2.05, 4.69) is 6.58 Å². The van der Waals surface area contributed by atoms with Gasteiger partial charge in [0.25, 0.3) is 0 Å². The highest BCUT2D eigenvalue weighted by molar-refractivity contribution is 5.81. The normalized spacial score (nSPS) is 12.9. The second-order valence-corrected chi connectivity index (χ2v) is 3.97.